The molecule has 43 heavy (non-hydrogen) atoms. The summed E-state index contributed by atoms with van der Waals surface area (Å²) in [6.45, 7) is 0. The van der Waals surface area contributed by atoms with Crippen molar-refractivity contribution in [2.75, 3.05) is 0 Å². The zero-order valence-corrected chi connectivity index (χ0v) is 23.5. The van der Waals surface area contributed by atoms with Crippen molar-refractivity contribution in [2.45, 2.75) is 0 Å². The third kappa shape index (κ3) is 3.71. The molecule has 4 nitrogen and oxygen atoms in total. The van der Waals surface area contributed by atoms with Gasteiger partial charge in [0.25, 0.3) is 0 Å². The fourth-order valence-electron chi connectivity index (χ4n) is 6.66. The van der Waals surface area contributed by atoms with Crippen LogP contribution in [0, 0.1) is 0 Å². The van der Waals surface area contributed by atoms with Crippen LogP contribution < -0.4 is 29.0 Å². The van der Waals surface area contributed by atoms with Gasteiger partial charge in [-0.15, -0.1) is 0 Å². The molecule has 0 amide bonds. The zero-order chi connectivity index (χ0) is 27.8. The van der Waals surface area contributed by atoms with E-state index in [1.54, 1.807) is 0 Å². The molecule has 9 aromatic rings. The fraction of sp³-hybridized carbons (Fsp3) is 0. The van der Waals surface area contributed by atoms with Crippen molar-refractivity contribution >= 4 is 54.3 Å². The van der Waals surface area contributed by atoms with Gasteiger partial charge in [0.15, 0.2) is 6.20 Å². The molecular weight excluding hydrogens is 521 g/mol. The Hall–Kier alpha value is -5.14. The van der Waals surface area contributed by atoms with Crippen LogP contribution in [0.4, 0.5) is 0 Å². The number of benzene rings is 7. The predicted octanol–water partition coefficient (Wildman–Crippen LogP) is 5.30. The largest absolute Gasteiger partial charge is 1.00 e. The predicted molar refractivity (Wildman–Crippen MR) is 169 cm³/mol. The minimum atomic E-state index is 0. The van der Waals surface area contributed by atoms with E-state index < -0.39 is 0 Å². The summed E-state index contributed by atoms with van der Waals surface area (Å²) in [7, 11) is 0. The molecule has 5 heteroatoms. The number of pyridine rings is 1. The van der Waals surface area contributed by atoms with Crippen LogP contribution >= 0.6 is 0 Å². The Morgan fingerprint density at radius 2 is 1.19 bits per heavy atom. The first kappa shape index (κ1) is 25.6. The van der Waals surface area contributed by atoms with Crippen molar-refractivity contribution in [3.8, 4) is 34.0 Å². The van der Waals surface area contributed by atoms with Crippen LogP contribution in [0.2, 0.25) is 0 Å². The molecule has 0 saturated carbocycles. The molecule has 0 aliphatic carbocycles. The minimum absolute atomic E-state index is 0. The zero-order valence-electron chi connectivity index (χ0n) is 23.5. The average molecular weight is 545 g/mol. The summed E-state index contributed by atoms with van der Waals surface area (Å²) in [5, 5.41) is 21.5. The average Bonchev–Trinajstić information content (AvgIpc) is 3.44. The van der Waals surface area contributed by atoms with Crippen LogP contribution in [0.5, 0.6) is 5.75 Å². The summed E-state index contributed by atoms with van der Waals surface area (Å²) in [6, 6.07) is 43.9. The number of aromatic nitrogens is 3. The van der Waals surface area contributed by atoms with Crippen LogP contribution in [0.25, 0.3) is 82.5 Å². The van der Waals surface area contributed by atoms with Gasteiger partial charge in [0.05, 0.1) is 11.0 Å². The Morgan fingerprint density at radius 3 is 1.98 bits per heavy atom. The summed E-state index contributed by atoms with van der Waals surface area (Å²) in [6.07, 6.45) is 1.81. The van der Waals surface area contributed by atoms with Crippen LogP contribution in [0.15, 0.2) is 134 Å². The maximum Gasteiger partial charge on any atom is 1.00 e. The topological polar surface area (TPSA) is 55.0 Å². The molecule has 0 unspecified atom stereocenters. The van der Waals surface area contributed by atoms with E-state index >= 15 is 0 Å². The van der Waals surface area contributed by atoms with Gasteiger partial charge in [-0.1, -0.05) is 78.9 Å². The monoisotopic (exact) mass is 544 g/mol. The number of nitrogens with zero attached hydrogens (tertiary/aromatic N) is 2. The normalized spacial score (nSPS) is 11.6. The van der Waals surface area contributed by atoms with Crippen LogP contribution in [0.1, 0.15) is 0 Å². The van der Waals surface area contributed by atoms with E-state index in [9.17, 15) is 5.11 Å². The smallest absolute Gasteiger partial charge is 0.868 e. The van der Waals surface area contributed by atoms with E-state index in [1.807, 2.05) is 42.6 Å². The van der Waals surface area contributed by atoms with E-state index in [1.165, 1.54) is 16.2 Å². The number of imidazole rings is 1. The molecule has 2 aromatic heterocycles. The van der Waals surface area contributed by atoms with E-state index in [2.05, 4.69) is 101 Å². The van der Waals surface area contributed by atoms with E-state index in [4.69, 9.17) is 4.98 Å². The molecule has 0 bridgehead atoms. The Morgan fingerprint density at radius 1 is 0.558 bits per heavy atom. The van der Waals surface area contributed by atoms with E-state index in [0.717, 1.165) is 55.2 Å². The number of fused-ring (bicyclic) bond motifs is 2. The van der Waals surface area contributed by atoms with Gasteiger partial charge in [-0.05, 0) is 91.7 Å². The van der Waals surface area contributed by atoms with E-state index in [0.29, 0.717) is 11.1 Å². The van der Waals surface area contributed by atoms with Gasteiger partial charge in [0.1, 0.15) is 5.82 Å². The summed E-state index contributed by atoms with van der Waals surface area (Å²) >= 11 is 0. The molecule has 0 aliphatic heterocycles. The van der Waals surface area contributed by atoms with Crippen molar-refractivity contribution in [1.29, 1.82) is 0 Å². The molecular formula is C38H23LiN3O+. The van der Waals surface area contributed by atoms with Gasteiger partial charge < -0.3 is 5.11 Å². The molecule has 0 aliphatic rings. The first-order valence-corrected chi connectivity index (χ1v) is 14.1. The third-order valence-electron chi connectivity index (χ3n) is 8.56. The standard InChI is InChI=1S/C38H23N3O.Li/c42-37-30(20-16-25-7-6-22-39-36(25)37)27-17-12-23-14-19-29-31(21-15-24-13-18-28(27)34(23)35(24)29)38-40-32-10-4-5-11-33(32)41(38)26-8-2-1-3-9-26;/h1-22,42H;/q;+1. The SMILES string of the molecule is [Li+].[O-]c1c(-c2ccc3ccc4c(-c5nc6ccccc6n5-c5ccccc5)ccc5ccc2c3c54)ccc2ccc[nH+]c12. The van der Waals surface area contributed by atoms with Crippen molar-refractivity contribution in [3.63, 3.8) is 0 Å². The molecule has 2 heterocycles. The number of H-pyrrole nitrogens is 1. The second kappa shape index (κ2) is 9.71. The first-order chi connectivity index (χ1) is 20.8. The molecule has 196 valence electrons. The summed E-state index contributed by atoms with van der Waals surface area (Å²) < 4.78 is 2.25. The fourth-order valence-corrected chi connectivity index (χ4v) is 6.66. The number of hydrogen-bond donors (Lipinski definition) is 0. The van der Waals surface area contributed by atoms with Crippen molar-refractivity contribution in [1.82, 2.24) is 9.55 Å². The molecule has 0 saturated heterocycles. The molecule has 1 N–H and O–H groups in total. The Bertz CT molecular complexity index is 2480. The van der Waals surface area contributed by atoms with Gasteiger partial charge >= 0.3 is 18.9 Å². The van der Waals surface area contributed by atoms with Gasteiger partial charge in [-0.2, -0.15) is 0 Å². The molecule has 9 rings (SSSR count). The Kier molecular flexibility index (Phi) is 5.77. The molecule has 0 spiro atoms. The number of para-hydroxylation sites is 3. The van der Waals surface area contributed by atoms with Gasteiger partial charge in [0, 0.05) is 22.7 Å². The van der Waals surface area contributed by atoms with Gasteiger partial charge in [-0.3, -0.25) is 4.57 Å². The van der Waals surface area contributed by atoms with Crippen LogP contribution in [-0.4, -0.2) is 9.55 Å². The van der Waals surface area contributed by atoms with Gasteiger partial charge in [-0.25, -0.2) is 9.97 Å². The Labute approximate surface area is 259 Å². The van der Waals surface area contributed by atoms with Crippen LogP contribution in [-0.2, 0) is 0 Å². The number of aromatic amines is 1. The maximum absolute atomic E-state index is 13.6. The Balaban J connectivity index is 0.00000278. The third-order valence-corrected chi connectivity index (χ3v) is 8.56. The second-order valence-electron chi connectivity index (χ2n) is 10.8. The minimum Gasteiger partial charge on any atom is -0.868 e. The second-order valence-corrected chi connectivity index (χ2v) is 10.8. The number of rotatable bonds is 3. The quantitative estimate of drug-likeness (QED) is 0.224. The van der Waals surface area contributed by atoms with Gasteiger partial charge in [0.2, 0.25) is 5.52 Å². The maximum atomic E-state index is 13.6. The summed E-state index contributed by atoms with van der Waals surface area (Å²) in [5.74, 6) is 0.924. The van der Waals surface area contributed by atoms with Crippen LogP contribution in [0.3, 0.4) is 0 Å². The first-order valence-electron chi connectivity index (χ1n) is 14.1. The number of nitrogens with one attached hydrogen (secondary N) is 1. The van der Waals surface area contributed by atoms with Crippen molar-refractivity contribution in [3.05, 3.63) is 134 Å². The van der Waals surface area contributed by atoms with Crippen molar-refractivity contribution in [2.24, 2.45) is 0 Å². The molecule has 7 aromatic carbocycles. The summed E-state index contributed by atoms with van der Waals surface area (Å²) in [5.41, 5.74) is 6.46. The molecule has 0 atom stereocenters. The summed E-state index contributed by atoms with van der Waals surface area (Å²) in [4.78, 5) is 8.33. The molecule has 0 fully saturated rings. The van der Waals surface area contributed by atoms with E-state index in [-0.39, 0.29) is 24.6 Å². The number of hydrogen-bond acceptors (Lipinski definition) is 2. The molecule has 0 radical (unpaired) electrons. The van der Waals surface area contributed by atoms with Crippen molar-refractivity contribution < 1.29 is 29.0 Å².